The summed E-state index contributed by atoms with van der Waals surface area (Å²) in [6, 6.07) is 10.8. The zero-order valence-corrected chi connectivity index (χ0v) is 12.5. The number of benzene rings is 1. The molecule has 1 aliphatic carbocycles. The predicted octanol–water partition coefficient (Wildman–Crippen LogP) is 1.95. The van der Waals surface area contributed by atoms with E-state index >= 15 is 0 Å². The summed E-state index contributed by atoms with van der Waals surface area (Å²) in [6.45, 7) is 2.97. The number of amides is 1. The van der Waals surface area contributed by atoms with E-state index in [9.17, 15) is 4.79 Å². The summed E-state index contributed by atoms with van der Waals surface area (Å²) in [4.78, 5) is 14.3. The number of carbonyl (C=O) groups is 1. The molecule has 1 aliphatic heterocycles. The van der Waals surface area contributed by atoms with Crippen LogP contribution < -0.4 is 5.32 Å². The van der Waals surface area contributed by atoms with Crippen molar-refractivity contribution >= 4 is 5.91 Å². The fourth-order valence-electron chi connectivity index (χ4n) is 2.81. The molecule has 0 bridgehead atoms. The predicted molar refractivity (Wildman–Crippen MR) is 81.9 cm³/mol. The van der Waals surface area contributed by atoms with Crippen LogP contribution in [0.25, 0.3) is 0 Å². The third-order valence-corrected chi connectivity index (χ3v) is 4.04. The molecule has 4 heteroatoms. The van der Waals surface area contributed by atoms with Crippen molar-refractivity contribution in [1.29, 1.82) is 0 Å². The maximum Gasteiger partial charge on any atom is 0.234 e. The molecule has 1 unspecified atom stereocenters. The average molecular weight is 288 g/mol. The first-order chi connectivity index (χ1) is 10.3. The van der Waals surface area contributed by atoms with Crippen molar-refractivity contribution in [3.8, 4) is 0 Å². The molecule has 1 aromatic carbocycles. The zero-order valence-electron chi connectivity index (χ0n) is 12.5. The highest BCUT2D eigenvalue weighted by Gasteiger charge is 2.25. The van der Waals surface area contributed by atoms with E-state index in [1.807, 2.05) is 18.2 Å². The molecule has 1 atom stereocenters. The Morgan fingerprint density at radius 2 is 2.05 bits per heavy atom. The monoisotopic (exact) mass is 288 g/mol. The molecule has 3 rings (SSSR count). The number of nitrogens with one attached hydrogen (secondary N) is 1. The van der Waals surface area contributed by atoms with E-state index in [1.54, 1.807) is 0 Å². The van der Waals surface area contributed by atoms with Crippen LogP contribution in [0.1, 0.15) is 31.2 Å². The Labute approximate surface area is 126 Å². The molecule has 1 N–H and O–H groups in total. The highest BCUT2D eigenvalue weighted by molar-refractivity contribution is 5.78. The first-order valence-electron chi connectivity index (χ1n) is 7.97. The third-order valence-electron chi connectivity index (χ3n) is 4.04. The number of hydrogen-bond acceptors (Lipinski definition) is 3. The van der Waals surface area contributed by atoms with E-state index < -0.39 is 0 Å². The van der Waals surface area contributed by atoms with E-state index in [1.165, 1.54) is 5.56 Å². The van der Waals surface area contributed by atoms with Gasteiger partial charge in [-0.1, -0.05) is 30.3 Å². The van der Waals surface area contributed by atoms with Crippen LogP contribution in [-0.4, -0.2) is 42.6 Å². The molecular weight excluding hydrogens is 264 g/mol. The van der Waals surface area contributed by atoms with Gasteiger partial charge >= 0.3 is 0 Å². The molecule has 1 amide bonds. The van der Waals surface area contributed by atoms with Gasteiger partial charge in [-0.05, 0) is 31.2 Å². The van der Waals surface area contributed by atoms with Crippen molar-refractivity contribution in [1.82, 2.24) is 10.2 Å². The van der Waals surface area contributed by atoms with E-state index in [-0.39, 0.29) is 12.0 Å². The molecule has 1 saturated carbocycles. The van der Waals surface area contributed by atoms with Gasteiger partial charge in [0, 0.05) is 25.7 Å². The molecule has 114 valence electrons. The summed E-state index contributed by atoms with van der Waals surface area (Å²) in [7, 11) is 0. The van der Waals surface area contributed by atoms with Crippen LogP contribution in [-0.2, 0) is 16.1 Å². The Morgan fingerprint density at radius 1 is 1.24 bits per heavy atom. The number of nitrogens with zero attached hydrogens (tertiary/aromatic N) is 1. The molecule has 0 spiro atoms. The number of ether oxygens (including phenoxy) is 1. The molecule has 0 aromatic heterocycles. The first-order valence-corrected chi connectivity index (χ1v) is 7.97. The molecule has 1 aromatic rings. The molecule has 4 nitrogen and oxygen atoms in total. The maximum atomic E-state index is 12.1. The minimum Gasteiger partial charge on any atom is -0.377 e. The second-order valence-corrected chi connectivity index (χ2v) is 6.13. The van der Waals surface area contributed by atoms with Crippen molar-refractivity contribution in [3.63, 3.8) is 0 Å². The van der Waals surface area contributed by atoms with Gasteiger partial charge in [-0.3, -0.25) is 9.69 Å². The highest BCUT2D eigenvalue weighted by atomic mass is 16.5. The summed E-state index contributed by atoms with van der Waals surface area (Å²) in [5.41, 5.74) is 1.25. The SMILES string of the molecule is O=C(CN(Cc1ccccc1)CC1CCCO1)NC1CC1. The lowest BCUT2D eigenvalue weighted by Crippen LogP contribution is -2.41. The normalized spacial score (nSPS) is 21.7. The smallest absolute Gasteiger partial charge is 0.234 e. The van der Waals surface area contributed by atoms with Gasteiger partial charge in [0.15, 0.2) is 0 Å². The van der Waals surface area contributed by atoms with Crippen LogP contribution in [0.4, 0.5) is 0 Å². The Hall–Kier alpha value is -1.39. The molecule has 2 aliphatic rings. The van der Waals surface area contributed by atoms with Crippen LogP contribution >= 0.6 is 0 Å². The molecule has 0 radical (unpaired) electrons. The number of rotatable bonds is 7. The maximum absolute atomic E-state index is 12.1. The van der Waals surface area contributed by atoms with Gasteiger partial charge < -0.3 is 10.1 Å². The zero-order chi connectivity index (χ0) is 14.5. The molecular formula is C17H24N2O2. The van der Waals surface area contributed by atoms with Crippen molar-refractivity contribution in [2.45, 2.75) is 44.4 Å². The third kappa shape index (κ3) is 4.83. The second kappa shape index (κ2) is 7.05. The van der Waals surface area contributed by atoms with Crippen molar-refractivity contribution < 1.29 is 9.53 Å². The van der Waals surface area contributed by atoms with E-state index in [0.717, 1.165) is 45.4 Å². The molecule has 21 heavy (non-hydrogen) atoms. The van der Waals surface area contributed by atoms with Gasteiger partial charge in [-0.2, -0.15) is 0 Å². The first kappa shape index (κ1) is 14.5. The fourth-order valence-corrected chi connectivity index (χ4v) is 2.81. The van der Waals surface area contributed by atoms with Crippen molar-refractivity contribution in [3.05, 3.63) is 35.9 Å². The van der Waals surface area contributed by atoms with E-state index in [2.05, 4.69) is 22.3 Å². The van der Waals surface area contributed by atoms with Crippen LogP contribution in [0.15, 0.2) is 30.3 Å². The summed E-state index contributed by atoms with van der Waals surface area (Å²) < 4.78 is 5.72. The number of carbonyl (C=O) groups excluding carboxylic acids is 1. The van der Waals surface area contributed by atoms with E-state index in [0.29, 0.717) is 12.6 Å². The van der Waals surface area contributed by atoms with Crippen LogP contribution in [0.5, 0.6) is 0 Å². The van der Waals surface area contributed by atoms with Gasteiger partial charge in [0.2, 0.25) is 5.91 Å². The van der Waals surface area contributed by atoms with Crippen LogP contribution in [0, 0.1) is 0 Å². The molecule has 1 heterocycles. The second-order valence-electron chi connectivity index (χ2n) is 6.13. The Bertz CT molecular complexity index is 453. The quantitative estimate of drug-likeness (QED) is 0.834. The van der Waals surface area contributed by atoms with Crippen LogP contribution in [0.2, 0.25) is 0 Å². The molecule has 2 fully saturated rings. The highest BCUT2D eigenvalue weighted by Crippen LogP contribution is 2.19. The lowest BCUT2D eigenvalue weighted by atomic mass is 10.2. The fraction of sp³-hybridized carbons (Fsp3) is 0.588. The van der Waals surface area contributed by atoms with Crippen LogP contribution in [0.3, 0.4) is 0 Å². The summed E-state index contributed by atoms with van der Waals surface area (Å²) >= 11 is 0. The average Bonchev–Trinajstić information content (AvgIpc) is 3.13. The summed E-state index contributed by atoms with van der Waals surface area (Å²) in [5, 5.41) is 3.07. The molecule has 1 saturated heterocycles. The van der Waals surface area contributed by atoms with Crippen molar-refractivity contribution in [2.24, 2.45) is 0 Å². The Kier molecular flexibility index (Phi) is 4.88. The minimum absolute atomic E-state index is 0.145. The summed E-state index contributed by atoms with van der Waals surface area (Å²) in [5.74, 6) is 0.145. The Morgan fingerprint density at radius 3 is 2.71 bits per heavy atom. The van der Waals surface area contributed by atoms with Crippen molar-refractivity contribution in [2.75, 3.05) is 19.7 Å². The van der Waals surface area contributed by atoms with Gasteiger partial charge in [0.25, 0.3) is 0 Å². The Balaban J connectivity index is 1.56. The summed E-state index contributed by atoms with van der Waals surface area (Å²) in [6.07, 6.45) is 4.79. The van der Waals surface area contributed by atoms with Gasteiger partial charge in [0.05, 0.1) is 12.6 Å². The van der Waals surface area contributed by atoms with Gasteiger partial charge in [-0.25, -0.2) is 0 Å². The lowest BCUT2D eigenvalue weighted by Gasteiger charge is -2.24. The standard InChI is InChI=1S/C17H24N2O2/c20-17(18-15-8-9-15)13-19(12-16-7-4-10-21-16)11-14-5-2-1-3-6-14/h1-3,5-6,15-16H,4,7-13H2,(H,18,20). The number of hydrogen-bond donors (Lipinski definition) is 1. The van der Waals surface area contributed by atoms with Gasteiger partial charge in [0.1, 0.15) is 0 Å². The minimum atomic E-state index is 0.145. The lowest BCUT2D eigenvalue weighted by molar-refractivity contribution is -0.122. The topological polar surface area (TPSA) is 41.6 Å². The largest absolute Gasteiger partial charge is 0.377 e. The van der Waals surface area contributed by atoms with Gasteiger partial charge in [-0.15, -0.1) is 0 Å². The van der Waals surface area contributed by atoms with E-state index in [4.69, 9.17) is 4.74 Å².